The fourth-order valence-corrected chi connectivity index (χ4v) is 12.0. The molecule has 17 nitrogen and oxygen atoms in total. The van der Waals surface area contributed by atoms with E-state index >= 15 is 0 Å². The Hall–Kier alpha value is -1.94. The van der Waals surface area contributed by atoms with Crippen LogP contribution in [-0.2, 0) is 65.4 Å². The van der Waals surface area contributed by atoms with Gasteiger partial charge in [-0.15, -0.1) is 0 Å². The van der Waals surface area contributed by atoms with Crippen molar-refractivity contribution in [1.82, 2.24) is 0 Å². The number of phosphoric acid groups is 2. The quantitative estimate of drug-likeness (QED) is 0.0222. The minimum atomic E-state index is -4.95. The fourth-order valence-electron chi connectivity index (χ4n) is 10.4. The molecule has 0 spiro atoms. The normalized spacial score (nSPS) is 14.5. The predicted molar refractivity (Wildman–Crippen MR) is 354 cm³/mol. The van der Waals surface area contributed by atoms with Crippen molar-refractivity contribution >= 4 is 39.5 Å². The largest absolute Gasteiger partial charge is 0.472 e. The van der Waals surface area contributed by atoms with Crippen molar-refractivity contribution in [3.8, 4) is 0 Å². The third-order valence-corrected chi connectivity index (χ3v) is 18.2. The number of hydrogen-bond donors (Lipinski definition) is 3. The summed E-state index contributed by atoms with van der Waals surface area (Å²) in [5, 5.41) is 10.6. The van der Waals surface area contributed by atoms with Gasteiger partial charge in [0.25, 0.3) is 0 Å². The van der Waals surface area contributed by atoms with Gasteiger partial charge in [-0.3, -0.25) is 37.3 Å². The number of carbonyl (C=O) groups is 4. The summed E-state index contributed by atoms with van der Waals surface area (Å²) in [6, 6.07) is 0. The van der Waals surface area contributed by atoms with Crippen LogP contribution in [0.3, 0.4) is 0 Å². The molecule has 6 atom stereocenters. The van der Waals surface area contributed by atoms with Crippen molar-refractivity contribution < 1.29 is 80.2 Å². The van der Waals surface area contributed by atoms with Crippen molar-refractivity contribution in [3.63, 3.8) is 0 Å². The lowest BCUT2D eigenvalue weighted by Gasteiger charge is -2.21. The molecule has 0 rings (SSSR count). The Bertz CT molecular complexity index is 1720. The molecule has 19 heteroatoms. The zero-order valence-electron chi connectivity index (χ0n) is 57.0. The lowest BCUT2D eigenvalue weighted by molar-refractivity contribution is -0.161. The zero-order chi connectivity index (χ0) is 65.0. The van der Waals surface area contributed by atoms with E-state index in [0.717, 1.165) is 115 Å². The molecule has 0 heterocycles. The molecule has 0 amide bonds. The SMILES string of the molecule is CCCCCCCCCCCCCCC(=O)O[C@H](COC(=O)CCCCCCCCC)COP(=O)(O)OC[C@H](O)COP(=O)(O)OC[C@@H](COC(=O)CCCCCCCCCCC(C)CC)OC(=O)CCCCCCCCCCCCCCCCC(C)C. The van der Waals surface area contributed by atoms with E-state index in [2.05, 4.69) is 41.5 Å². The Morgan fingerprint density at radius 3 is 0.864 bits per heavy atom. The second kappa shape index (κ2) is 61.3. The molecule has 0 aliphatic rings. The van der Waals surface area contributed by atoms with Crippen molar-refractivity contribution in [2.24, 2.45) is 11.8 Å². The molecule has 0 aromatic heterocycles. The number of aliphatic hydroxyl groups is 1. The monoisotopic (exact) mass is 1300 g/mol. The second-order valence-electron chi connectivity index (χ2n) is 25.6. The first kappa shape index (κ1) is 86.1. The van der Waals surface area contributed by atoms with E-state index in [1.807, 2.05) is 0 Å². The van der Waals surface area contributed by atoms with Crippen LogP contribution in [0.2, 0.25) is 0 Å². The first-order chi connectivity index (χ1) is 42.4. The zero-order valence-corrected chi connectivity index (χ0v) is 58.8. The van der Waals surface area contributed by atoms with Crippen LogP contribution in [0.1, 0.15) is 350 Å². The molecule has 3 N–H and O–H groups in total. The highest BCUT2D eigenvalue weighted by molar-refractivity contribution is 7.47. The van der Waals surface area contributed by atoms with Crippen LogP contribution in [0.25, 0.3) is 0 Å². The standard InChI is InChI=1S/C69H134O17P2/c1-7-10-12-14-16-17-18-24-27-35-41-47-53-68(73)85-64(57-79-66(71)51-45-39-31-15-13-11-8-2)59-83-87(75,76)81-55-63(70)56-82-88(77,78)84-60-65(58-80-67(72)52-46-40-34-30-29-33-38-44-50-62(6)9-3)86-69(74)54-48-42-36-28-25-22-20-19-21-23-26-32-37-43-49-61(4)5/h61-65,70H,7-60H2,1-6H3,(H,75,76)(H,77,78)/t62?,63-,64+,65+/m0/s1. The number of rotatable bonds is 68. The molecule has 0 bridgehead atoms. The third-order valence-electron chi connectivity index (χ3n) is 16.3. The van der Waals surface area contributed by atoms with Gasteiger partial charge in [-0.1, -0.05) is 298 Å². The summed E-state index contributed by atoms with van der Waals surface area (Å²) in [5.41, 5.74) is 0. The summed E-state index contributed by atoms with van der Waals surface area (Å²) < 4.78 is 68.1. The fraction of sp³-hybridized carbons (Fsp3) is 0.942. The van der Waals surface area contributed by atoms with E-state index in [0.29, 0.717) is 25.7 Å². The van der Waals surface area contributed by atoms with Gasteiger partial charge in [0.15, 0.2) is 12.2 Å². The lowest BCUT2D eigenvalue weighted by atomic mass is 9.99. The average molecular weight is 1300 g/mol. The van der Waals surface area contributed by atoms with Gasteiger partial charge in [0, 0.05) is 25.7 Å². The molecule has 0 aromatic carbocycles. The first-order valence-electron chi connectivity index (χ1n) is 36.0. The van der Waals surface area contributed by atoms with E-state index in [1.165, 1.54) is 154 Å². The maximum absolute atomic E-state index is 13.0. The summed E-state index contributed by atoms with van der Waals surface area (Å²) in [6.07, 6.45) is 45.8. The van der Waals surface area contributed by atoms with Gasteiger partial charge < -0.3 is 33.8 Å². The Kier molecular flexibility index (Phi) is 59.9. The van der Waals surface area contributed by atoms with Crippen LogP contribution in [0, 0.1) is 11.8 Å². The molecular weight excluding hydrogens is 1160 g/mol. The topological polar surface area (TPSA) is 237 Å². The lowest BCUT2D eigenvalue weighted by Crippen LogP contribution is -2.30. The van der Waals surface area contributed by atoms with Crippen LogP contribution >= 0.6 is 15.6 Å². The Balaban J connectivity index is 5.20. The van der Waals surface area contributed by atoms with Crippen molar-refractivity contribution in [1.29, 1.82) is 0 Å². The average Bonchev–Trinajstić information content (AvgIpc) is 3.56. The molecule has 0 aliphatic heterocycles. The first-order valence-corrected chi connectivity index (χ1v) is 39.0. The Morgan fingerprint density at radius 2 is 0.580 bits per heavy atom. The molecule has 0 radical (unpaired) electrons. The van der Waals surface area contributed by atoms with E-state index in [1.54, 1.807) is 0 Å². The summed E-state index contributed by atoms with van der Waals surface area (Å²) in [7, 11) is -9.89. The molecule has 3 unspecified atom stereocenters. The van der Waals surface area contributed by atoms with E-state index in [9.17, 15) is 43.2 Å². The number of carbonyl (C=O) groups excluding carboxylic acids is 4. The van der Waals surface area contributed by atoms with Gasteiger partial charge in [0.2, 0.25) is 0 Å². The van der Waals surface area contributed by atoms with Crippen LogP contribution in [0.5, 0.6) is 0 Å². The number of aliphatic hydroxyl groups excluding tert-OH is 1. The summed E-state index contributed by atoms with van der Waals surface area (Å²) in [5.74, 6) is -0.557. The van der Waals surface area contributed by atoms with Crippen molar-refractivity contribution in [2.45, 2.75) is 368 Å². The molecule has 0 aliphatic carbocycles. The van der Waals surface area contributed by atoms with Gasteiger partial charge >= 0.3 is 39.5 Å². The molecule has 0 saturated carbocycles. The van der Waals surface area contributed by atoms with E-state index in [4.69, 9.17) is 37.0 Å². The van der Waals surface area contributed by atoms with Gasteiger partial charge in [-0.05, 0) is 37.5 Å². The second-order valence-corrected chi connectivity index (χ2v) is 28.5. The van der Waals surface area contributed by atoms with Crippen LogP contribution < -0.4 is 0 Å². The summed E-state index contributed by atoms with van der Waals surface area (Å²) in [6.45, 7) is 9.53. The number of esters is 4. The Morgan fingerprint density at radius 1 is 0.330 bits per heavy atom. The summed E-state index contributed by atoms with van der Waals surface area (Å²) >= 11 is 0. The van der Waals surface area contributed by atoms with Crippen LogP contribution in [0.4, 0.5) is 0 Å². The third kappa shape index (κ3) is 61.6. The van der Waals surface area contributed by atoms with Gasteiger partial charge in [-0.2, -0.15) is 0 Å². The molecule has 0 fully saturated rings. The van der Waals surface area contributed by atoms with E-state index < -0.39 is 97.5 Å². The smallest absolute Gasteiger partial charge is 0.462 e. The minimum absolute atomic E-state index is 0.107. The maximum atomic E-state index is 13.0. The summed E-state index contributed by atoms with van der Waals surface area (Å²) in [4.78, 5) is 72.4. The maximum Gasteiger partial charge on any atom is 0.472 e. The van der Waals surface area contributed by atoms with Gasteiger partial charge in [0.1, 0.15) is 19.3 Å². The van der Waals surface area contributed by atoms with Gasteiger partial charge in [-0.25, -0.2) is 9.13 Å². The number of ether oxygens (including phenoxy) is 4. The van der Waals surface area contributed by atoms with Gasteiger partial charge in [0.05, 0.1) is 26.4 Å². The highest BCUT2D eigenvalue weighted by Crippen LogP contribution is 2.45. The molecular formula is C69H134O17P2. The molecule has 0 saturated heterocycles. The van der Waals surface area contributed by atoms with Crippen molar-refractivity contribution in [3.05, 3.63) is 0 Å². The minimum Gasteiger partial charge on any atom is -0.462 e. The Labute approximate surface area is 537 Å². The predicted octanol–water partition coefficient (Wildman–Crippen LogP) is 19.6. The van der Waals surface area contributed by atoms with Crippen molar-refractivity contribution in [2.75, 3.05) is 39.6 Å². The van der Waals surface area contributed by atoms with Crippen LogP contribution in [-0.4, -0.2) is 96.7 Å². The number of phosphoric ester groups is 2. The highest BCUT2D eigenvalue weighted by atomic mass is 31.2. The number of unbranched alkanes of at least 4 members (excludes halogenated alkanes) is 37. The van der Waals surface area contributed by atoms with Crippen LogP contribution in [0.15, 0.2) is 0 Å². The van der Waals surface area contributed by atoms with E-state index in [-0.39, 0.29) is 25.7 Å². The molecule has 0 aromatic rings. The molecule has 88 heavy (non-hydrogen) atoms. The number of hydrogen-bond acceptors (Lipinski definition) is 15. The molecule has 522 valence electrons. The highest BCUT2D eigenvalue weighted by Gasteiger charge is 2.30.